The zero-order valence-corrected chi connectivity index (χ0v) is 13.2. The Kier molecular flexibility index (Phi) is 7.56. The minimum atomic E-state index is -0.0566. The molecule has 2 N–H and O–H groups in total. The van der Waals surface area contributed by atoms with Crippen LogP contribution >= 0.6 is 0 Å². The maximum absolute atomic E-state index is 11.9. The van der Waals surface area contributed by atoms with Crippen molar-refractivity contribution < 1.29 is 14.3 Å². The second kappa shape index (κ2) is 9.20. The van der Waals surface area contributed by atoms with Crippen molar-refractivity contribution in [1.29, 1.82) is 0 Å². The van der Waals surface area contributed by atoms with Crippen LogP contribution in [0.15, 0.2) is 18.2 Å². The first-order chi connectivity index (χ1) is 10.1. The Bertz CT molecular complexity index is 450. The van der Waals surface area contributed by atoms with Crippen LogP contribution < -0.4 is 20.1 Å². The summed E-state index contributed by atoms with van der Waals surface area (Å²) in [5.41, 5.74) is 0.621. The van der Waals surface area contributed by atoms with Crippen molar-refractivity contribution >= 4 is 11.6 Å². The molecule has 21 heavy (non-hydrogen) atoms. The summed E-state index contributed by atoms with van der Waals surface area (Å²) < 4.78 is 10.4. The van der Waals surface area contributed by atoms with Crippen molar-refractivity contribution in [1.82, 2.24) is 10.2 Å². The van der Waals surface area contributed by atoms with Crippen molar-refractivity contribution in [2.45, 2.75) is 6.42 Å². The minimum absolute atomic E-state index is 0.0566. The number of nitrogens with one attached hydrogen (secondary N) is 2. The maximum Gasteiger partial charge on any atom is 0.225 e. The summed E-state index contributed by atoms with van der Waals surface area (Å²) in [5.74, 6) is 1.24. The van der Waals surface area contributed by atoms with Gasteiger partial charge < -0.3 is 25.0 Å². The molecule has 0 heterocycles. The molecule has 0 aliphatic rings. The van der Waals surface area contributed by atoms with E-state index >= 15 is 0 Å². The van der Waals surface area contributed by atoms with Gasteiger partial charge in [-0.05, 0) is 26.2 Å². The number of carbonyl (C=O) groups excluding carboxylic acids is 1. The first kappa shape index (κ1) is 17.3. The van der Waals surface area contributed by atoms with E-state index < -0.39 is 0 Å². The molecule has 6 nitrogen and oxygen atoms in total. The zero-order valence-electron chi connectivity index (χ0n) is 13.2. The lowest BCUT2D eigenvalue weighted by atomic mass is 10.2. The molecule has 0 aliphatic heterocycles. The van der Waals surface area contributed by atoms with Gasteiger partial charge in [-0.1, -0.05) is 0 Å². The van der Waals surface area contributed by atoms with Gasteiger partial charge in [0.15, 0.2) is 0 Å². The highest BCUT2D eigenvalue weighted by atomic mass is 16.5. The highest BCUT2D eigenvalue weighted by Crippen LogP contribution is 2.28. The van der Waals surface area contributed by atoms with Crippen molar-refractivity contribution in [2.75, 3.05) is 53.3 Å². The summed E-state index contributed by atoms with van der Waals surface area (Å²) in [6, 6.07) is 5.30. The number of hydrogen-bond acceptors (Lipinski definition) is 5. The molecule has 118 valence electrons. The molecule has 6 heteroatoms. The van der Waals surface area contributed by atoms with Crippen LogP contribution in [0.25, 0.3) is 0 Å². The van der Waals surface area contributed by atoms with Crippen molar-refractivity contribution in [3.63, 3.8) is 0 Å². The molecular weight excluding hydrogens is 270 g/mol. The van der Waals surface area contributed by atoms with Gasteiger partial charge in [-0.25, -0.2) is 0 Å². The molecule has 0 radical (unpaired) electrons. The average Bonchev–Trinajstić information content (AvgIpc) is 2.46. The number of carbonyl (C=O) groups is 1. The van der Waals surface area contributed by atoms with Gasteiger partial charge in [0.1, 0.15) is 11.5 Å². The van der Waals surface area contributed by atoms with E-state index in [9.17, 15) is 4.79 Å². The molecule has 1 rings (SSSR count). The molecule has 0 saturated heterocycles. The van der Waals surface area contributed by atoms with Crippen molar-refractivity contribution in [3.05, 3.63) is 18.2 Å². The second-order valence-electron chi connectivity index (χ2n) is 4.92. The number of benzene rings is 1. The Morgan fingerprint density at radius 2 is 1.95 bits per heavy atom. The summed E-state index contributed by atoms with van der Waals surface area (Å²) in [4.78, 5) is 14.0. The summed E-state index contributed by atoms with van der Waals surface area (Å²) in [6.07, 6.45) is 0.411. The standard InChI is InChI=1S/C15H25N3O3/c1-18(2)10-9-16-8-7-15(19)17-13-11-12(20-3)5-6-14(13)21-4/h5-6,11,16H,7-10H2,1-4H3,(H,17,19). The molecule has 0 bridgehead atoms. The van der Waals surface area contributed by atoms with Crippen LogP contribution in [-0.2, 0) is 4.79 Å². The van der Waals surface area contributed by atoms with Crippen LogP contribution in [0.2, 0.25) is 0 Å². The van der Waals surface area contributed by atoms with E-state index in [2.05, 4.69) is 15.5 Å². The molecule has 0 aliphatic carbocycles. The quantitative estimate of drug-likeness (QED) is 0.670. The molecule has 1 amide bonds. The normalized spacial score (nSPS) is 10.5. The van der Waals surface area contributed by atoms with Crippen LogP contribution in [0.5, 0.6) is 11.5 Å². The first-order valence-electron chi connectivity index (χ1n) is 6.94. The van der Waals surface area contributed by atoms with Gasteiger partial charge in [0, 0.05) is 32.1 Å². The number of likely N-dealkylation sites (N-methyl/N-ethyl adjacent to an activating group) is 1. The lowest BCUT2D eigenvalue weighted by Gasteiger charge is -2.12. The number of hydrogen-bond donors (Lipinski definition) is 2. The predicted octanol–water partition coefficient (Wildman–Crippen LogP) is 1.18. The second-order valence-corrected chi connectivity index (χ2v) is 4.92. The topological polar surface area (TPSA) is 62.8 Å². The maximum atomic E-state index is 11.9. The third-order valence-electron chi connectivity index (χ3n) is 2.95. The van der Waals surface area contributed by atoms with Gasteiger partial charge in [-0.3, -0.25) is 4.79 Å². The van der Waals surface area contributed by atoms with Gasteiger partial charge in [0.05, 0.1) is 19.9 Å². The van der Waals surface area contributed by atoms with E-state index in [1.807, 2.05) is 14.1 Å². The number of amides is 1. The van der Waals surface area contributed by atoms with Crippen LogP contribution in [-0.4, -0.2) is 58.8 Å². The molecule has 0 atom stereocenters. The van der Waals surface area contributed by atoms with E-state index in [-0.39, 0.29) is 5.91 Å². The summed E-state index contributed by atoms with van der Waals surface area (Å²) in [6.45, 7) is 2.46. The monoisotopic (exact) mass is 295 g/mol. The number of nitrogens with zero attached hydrogens (tertiary/aromatic N) is 1. The van der Waals surface area contributed by atoms with Crippen LogP contribution in [0.3, 0.4) is 0 Å². The first-order valence-corrected chi connectivity index (χ1v) is 6.94. The average molecular weight is 295 g/mol. The Morgan fingerprint density at radius 3 is 2.57 bits per heavy atom. The molecule has 0 spiro atoms. The smallest absolute Gasteiger partial charge is 0.225 e. The Hall–Kier alpha value is -1.79. The number of ether oxygens (including phenoxy) is 2. The molecule has 0 unspecified atom stereocenters. The fraction of sp³-hybridized carbons (Fsp3) is 0.533. The van der Waals surface area contributed by atoms with Gasteiger partial charge >= 0.3 is 0 Å². The number of methoxy groups -OCH3 is 2. The highest BCUT2D eigenvalue weighted by Gasteiger charge is 2.08. The summed E-state index contributed by atoms with van der Waals surface area (Å²) in [5, 5.41) is 6.07. The van der Waals surface area contributed by atoms with Gasteiger partial charge in [-0.2, -0.15) is 0 Å². The van der Waals surface area contributed by atoms with Crippen molar-refractivity contribution in [2.24, 2.45) is 0 Å². The number of rotatable bonds is 9. The molecule has 0 fully saturated rings. The molecule has 1 aromatic carbocycles. The molecule has 0 saturated carbocycles. The van der Waals surface area contributed by atoms with Crippen LogP contribution in [0.4, 0.5) is 5.69 Å². The van der Waals surface area contributed by atoms with Crippen LogP contribution in [0, 0.1) is 0 Å². The predicted molar refractivity (Wildman–Crippen MR) is 84.2 cm³/mol. The summed E-state index contributed by atoms with van der Waals surface area (Å²) in [7, 11) is 7.19. The Morgan fingerprint density at radius 1 is 1.19 bits per heavy atom. The highest BCUT2D eigenvalue weighted by molar-refractivity contribution is 5.92. The van der Waals surface area contributed by atoms with E-state index in [4.69, 9.17) is 9.47 Å². The largest absolute Gasteiger partial charge is 0.497 e. The fourth-order valence-corrected chi connectivity index (χ4v) is 1.75. The Balaban J connectivity index is 2.43. The summed E-state index contributed by atoms with van der Waals surface area (Å²) >= 11 is 0. The van der Waals surface area contributed by atoms with E-state index in [1.165, 1.54) is 0 Å². The zero-order chi connectivity index (χ0) is 15.7. The fourth-order valence-electron chi connectivity index (χ4n) is 1.75. The van der Waals surface area contributed by atoms with Gasteiger partial charge in [0.2, 0.25) is 5.91 Å². The van der Waals surface area contributed by atoms with Gasteiger partial charge in [0.25, 0.3) is 0 Å². The molecular formula is C15H25N3O3. The Labute approximate surface area is 126 Å². The third kappa shape index (κ3) is 6.46. The lowest BCUT2D eigenvalue weighted by Crippen LogP contribution is -2.29. The van der Waals surface area contributed by atoms with Crippen LogP contribution in [0.1, 0.15) is 6.42 Å². The lowest BCUT2D eigenvalue weighted by molar-refractivity contribution is -0.116. The number of anilines is 1. The van der Waals surface area contributed by atoms with Crippen molar-refractivity contribution in [3.8, 4) is 11.5 Å². The molecule has 1 aromatic rings. The molecule has 0 aromatic heterocycles. The van der Waals surface area contributed by atoms with Gasteiger partial charge in [-0.15, -0.1) is 0 Å². The minimum Gasteiger partial charge on any atom is -0.497 e. The third-order valence-corrected chi connectivity index (χ3v) is 2.95. The SMILES string of the molecule is COc1ccc(OC)c(NC(=O)CCNCCN(C)C)c1. The van der Waals surface area contributed by atoms with E-state index in [0.717, 1.165) is 13.1 Å². The van der Waals surface area contributed by atoms with E-state index in [1.54, 1.807) is 32.4 Å². The van der Waals surface area contributed by atoms with E-state index in [0.29, 0.717) is 30.2 Å².